The summed E-state index contributed by atoms with van der Waals surface area (Å²) in [5.74, 6) is 0. The van der Waals surface area contributed by atoms with Crippen molar-refractivity contribution in [2.24, 2.45) is 15.1 Å². The Balaban J connectivity index is 2.01. The van der Waals surface area contributed by atoms with Crippen LogP contribution in [0.4, 0.5) is 5.69 Å². The highest BCUT2D eigenvalue weighted by molar-refractivity contribution is 6.41. The zero-order valence-corrected chi connectivity index (χ0v) is 10.8. The van der Waals surface area contributed by atoms with Gasteiger partial charge in [-0.25, -0.2) is 5.01 Å². The molecular weight excluding hydrogens is 224 g/mol. The molecule has 0 fully saturated rings. The molecule has 0 aromatic heterocycles. The molecule has 4 nitrogen and oxygen atoms in total. The summed E-state index contributed by atoms with van der Waals surface area (Å²) in [7, 11) is 0. The van der Waals surface area contributed by atoms with Crippen LogP contribution >= 0.6 is 0 Å². The van der Waals surface area contributed by atoms with Gasteiger partial charge in [-0.3, -0.25) is 9.98 Å². The third-order valence-electron chi connectivity index (χ3n) is 3.43. The lowest BCUT2D eigenvalue weighted by atomic mass is 10.1. The monoisotopic (exact) mass is 240 g/mol. The number of aliphatic imine (C=N–C) groups is 2. The molecule has 0 saturated heterocycles. The highest BCUT2D eigenvalue weighted by atomic mass is 15.5. The molecule has 0 bridgehead atoms. The maximum Gasteiger partial charge on any atom is 0.170 e. The number of anilines is 1. The van der Waals surface area contributed by atoms with Crippen LogP contribution in [0.15, 0.2) is 45.4 Å². The Morgan fingerprint density at radius 1 is 0.944 bits per heavy atom. The van der Waals surface area contributed by atoms with E-state index in [0.717, 1.165) is 22.8 Å². The first-order valence-electron chi connectivity index (χ1n) is 6.15. The second-order valence-electron chi connectivity index (χ2n) is 4.71. The van der Waals surface area contributed by atoms with Crippen molar-refractivity contribution in [3.05, 3.63) is 30.3 Å². The molecule has 2 aliphatic rings. The number of rotatable bonds is 1. The smallest absolute Gasteiger partial charge is 0.170 e. The van der Waals surface area contributed by atoms with Gasteiger partial charge in [-0.2, -0.15) is 5.10 Å². The molecule has 2 heterocycles. The van der Waals surface area contributed by atoms with E-state index in [-0.39, 0.29) is 12.2 Å². The van der Waals surface area contributed by atoms with E-state index in [4.69, 9.17) is 9.98 Å². The third kappa shape index (κ3) is 1.65. The lowest BCUT2D eigenvalue weighted by molar-refractivity contribution is 0.626. The predicted octanol–water partition coefficient (Wildman–Crippen LogP) is 2.51. The maximum atomic E-state index is 4.73. The van der Waals surface area contributed by atoms with E-state index in [9.17, 15) is 0 Å². The van der Waals surface area contributed by atoms with Crippen LogP contribution in [0.2, 0.25) is 0 Å². The zero-order valence-electron chi connectivity index (χ0n) is 10.8. The molecule has 0 saturated carbocycles. The van der Waals surface area contributed by atoms with Gasteiger partial charge in [0.15, 0.2) is 6.17 Å². The first kappa shape index (κ1) is 11.1. The molecule has 0 amide bonds. The third-order valence-corrected chi connectivity index (χ3v) is 3.43. The highest BCUT2D eigenvalue weighted by Gasteiger charge is 2.37. The van der Waals surface area contributed by atoms with Crippen molar-refractivity contribution in [2.45, 2.75) is 33.0 Å². The summed E-state index contributed by atoms with van der Waals surface area (Å²) in [5, 5.41) is 6.58. The fourth-order valence-corrected chi connectivity index (χ4v) is 2.31. The van der Waals surface area contributed by atoms with E-state index in [2.05, 4.69) is 17.2 Å². The number of fused-ring (bicyclic) bond motifs is 1. The van der Waals surface area contributed by atoms with Gasteiger partial charge in [-0.1, -0.05) is 18.2 Å². The predicted molar refractivity (Wildman–Crippen MR) is 75.8 cm³/mol. The van der Waals surface area contributed by atoms with Crippen molar-refractivity contribution in [2.75, 3.05) is 5.01 Å². The maximum absolute atomic E-state index is 4.73. The highest BCUT2D eigenvalue weighted by Crippen LogP contribution is 2.29. The molecule has 2 aliphatic heterocycles. The van der Waals surface area contributed by atoms with E-state index in [0.29, 0.717) is 0 Å². The quantitative estimate of drug-likeness (QED) is 0.743. The summed E-state index contributed by atoms with van der Waals surface area (Å²) in [6.07, 6.45) is -0.0175. The first-order valence-corrected chi connectivity index (χ1v) is 6.15. The number of para-hydroxylation sites is 1. The Bertz CT molecular complexity index is 556. The minimum atomic E-state index is -0.0175. The summed E-state index contributed by atoms with van der Waals surface area (Å²) in [6.45, 7) is 6.03. The van der Waals surface area contributed by atoms with Gasteiger partial charge in [0.25, 0.3) is 0 Å². The molecule has 0 radical (unpaired) electrons. The van der Waals surface area contributed by atoms with E-state index in [1.807, 2.05) is 44.0 Å². The van der Waals surface area contributed by atoms with Crippen LogP contribution in [0.1, 0.15) is 20.8 Å². The standard InChI is InChI=1S/C14H16N4/c1-9-10(2)16-14-13(15-9)11(3)17-18(14)12-7-5-4-6-8-12/h4-8,13-14H,1-3H3/t13-,14+/m1/s1. The van der Waals surface area contributed by atoms with Crippen LogP contribution in [-0.2, 0) is 0 Å². The van der Waals surface area contributed by atoms with Crippen molar-refractivity contribution in [1.82, 2.24) is 0 Å². The Labute approximate surface area is 107 Å². The summed E-state index contributed by atoms with van der Waals surface area (Å²) in [6, 6.07) is 10.2. The molecule has 2 atom stereocenters. The van der Waals surface area contributed by atoms with Gasteiger partial charge in [0, 0.05) is 0 Å². The summed E-state index contributed by atoms with van der Waals surface area (Å²) in [5.41, 5.74) is 4.11. The lowest BCUT2D eigenvalue weighted by Crippen LogP contribution is -2.39. The number of hydrogen-bond donors (Lipinski definition) is 0. The van der Waals surface area contributed by atoms with Crippen LogP contribution in [0.3, 0.4) is 0 Å². The number of hydrazone groups is 1. The Kier molecular flexibility index (Phi) is 2.51. The second-order valence-corrected chi connectivity index (χ2v) is 4.71. The lowest BCUT2D eigenvalue weighted by Gasteiger charge is -2.26. The fourth-order valence-electron chi connectivity index (χ4n) is 2.31. The molecule has 0 aliphatic carbocycles. The van der Waals surface area contributed by atoms with Crippen molar-refractivity contribution < 1.29 is 0 Å². The van der Waals surface area contributed by atoms with Gasteiger partial charge in [0.2, 0.25) is 0 Å². The molecule has 4 heteroatoms. The molecular formula is C14H16N4. The second kappa shape index (κ2) is 4.05. The molecule has 0 unspecified atom stereocenters. The van der Waals surface area contributed by atoms with Crippen LogP contribution < -0.4 is 5.01 Å². The van der Waals surface area contributed by atoms with Gasteiger partial charge < -0.3 is 0 Å². The van der Waals surface area contributed by atoms with Crippen molar-refractivity contribution in [3.63, 3.8) is 0 Å². The Morgan fingerprint density at radius 3 is 2.33 bits per heavy atom. The fraction of sp³-hybridized carbons (Fsp3) is 0.357. The molecule has 0 spiro atoms. The minimum Gasteiger partial charge on any atom is -0.274 e. The number of benzene rings is 1. The summed E-state index contributed by atoms with van der Waals surface area (Å²) in [4.78, 5) is 9.43. The van der Waals surface area contributed by atoms with Crippen LogP contribution in [0.5, 0.6) is 0 Å². The molecule has 1 aromatic carbocycles. The first-order chi connectivity index (χ1) is 8.66. The average Bonchev–Trinajstić information content (AvgIpc) is 2.69. The van der Waals surface area contributed by atoms with Gasteiger partial charge >= 0.3 is 0 Å². The SMILES string of the molecule is CC1=N[C@@H]2C(C)=NN(c3ccccc3)[C@@H]2N=C1C. The zero-order chi connectivity index (χ0) is 12.7. The van der Waals surface area contributed by atoms with Crippen molar-refractivity contribution >= 4 is 22.8 Å². The van der Waals surface area contributed by atoms with Crippen molar-refractivity contribution in [1.29, 1.82) is 0 Å². The van der Waals surface area contributed by atoms with Crippen molar-refractivity contribution in [3.8, 4) is 0 Å². The molecule has 0 N–H and O–H groups in total. The Hall–Kier alpha value is -1.97. The molecule has 1 aromatic rings. The van der Waals surface area contributed by atoms with E-state index in [1.165, 1.54) is 0 Å². The van der Waals surface area contributed by atoms with Gasteiger partial charge in [0.1, 0.15) is 6.04 Å². The molecule has 18 heavy (non-hydrogen) atoms. The minimum absolute atomic E-state index is 0.0175. The van der Waals surface area contributed by atoms with E-state index in [1.54, 1.807) is 0 Å². The van der Waals surface area contributed by atoms with Crippen LogP contribution in [0.25, 0.3) is 0 Å². The van der Waals surface area contributed by atoms with Crippen LogP contribution in [-0.4, -0.2) is 29.3 Å². The van der Waals surface area contributed by atoms with E-state index < -0.39 is 0 Å². The summed E-state index contributed by atoms with van der Waals surface area (Å²) < 4.78 is 0. The van der Waals surface area contributed by atoms with Crippen LogP contribution in [0, 0.1) is 0 Å². The average molecular weight is 240 g/mol. The normalized spacial score (nSPS) is 26.4. The number of nitrogens with zero attached hydrogens (tertiary/aromatic N) is 4. The van der Waals surface area contributed by atoms with Gasteiger partial charge in [0.05, 0.1) is 22.8 Å². The van der Waals surface area contributed by atoms with Gasteiger partial charge in [-0.05, 0) is 32.9 Å². The van der Waals surface area contributed by atoms with Gasteiger partial charge in [-0.15, -0.1) is 0 Å². The molecule has 92 valence electrons. The largest absolute Gasteiger partial charge is 0.274 e. The topological polar surface area (TPSA) is 40.3 Å². The number of hydrogen-bond acceptors (Lipinski definition) is 4. The summed E-state index contributed by atoms with van der Waals surface area (Å²) >= 11 is 0. The molecule has 3 rings (SSSR count). The Morgan fingerprint density at radius 2 is 1.61 bits per heavy atom. The van der Waals surface area contributed by atoms with E-state index >= 15 is 0 Å².